The van der Waals surface area contributed by atoms with Crippen LogP contribution in [0.4, 0.5) is 4.39 Å². The van der Waals surface area contributed by atoms with Crippen LogP contribution in [0, 0.1) is 11.2 Å². The number of aliphatic hydroxyl groups excluding tert-OH is 1. The van der Waals surface area contributed by atoms with Crippen LogP contribution in [0.2, 0.25) is 0 Å². The van der Waals surface area contributed by atoms with Gasteiger partial charge in [-0.3, -0.25) is 0 Å². The van der Waals surface area contributed by atoms with Gasteiger partial charge in [0.2, 0.25) is 0 Å². The predicted molar refractivity (Wildman–Crippen MR) is 54.4 cm³/mol. The summed E-state index contributed by atoms with van der Waals surface area (Å²) in [5.41, 5.74) is 1.50. The summed E-state index contributed by atoms with van der Waals surface area (Å²) < 4.78 is 14.3. The zero-order chi connectivity index (χ0) is 9.92. The van der Waals surface area contributed by atoms with E-state index in [-0.39, 0.29) is 11.2 Å². The van der Waals surface area contributed by atoms with E-state index < -0.39 is 6.10 Å². The zero-order valence-corrected chi connectivity index (χ0v) is 9.14. The number of rotatable bonds is 0. The third kappa shape index (κ3) is 1.03. The molecule has 1 spiro atoms. The lowest BCUT2D eigenvalue weighted by Gasteiger charge is -2.11. The maximum Gasteiger partial charge on any atom is 0.127 e. The van der Waals surface area contributed by atoms with Gasteiger partial charge in [0.05, 0.1) is 6.10 Å². The minimum atomic E-state index is -0.454. The Labute approximate surface area is 90.1 Å². The van der Waals surface area contributed by atoms with E-state index in [0.29, 0.717) is 10.9 Å². The fraction of sp³-hybridized carbons (Fsp3) is 0.455. The molecule has 0 radical (unpaired) electrons. The quantitative estimate of drug-likeness (QED) is 0.757. The van der Waals surface area contributed by atoms with Gasteiger partial charge in [0.15, 0.2) is 0 Å². The van der Waals surface area contributed by atoms with Crippen LogP contribution >= 0.6 is 15.9 Å². The average Bonchev–Trinajstić information content (AvgIpc) is 2.83. The summed E-state index contributed by atoms with van der Waals surface area (Å²) in [5, 5.41) is 10.0. The van der Waals surface area contributed by atoms with Crippen LogP contribution in [0.1, 0.15) is 30.1 Å². The third-order valence-electron chi connectivity index (χ3n) is 3.49. The van der Waals surface area contributed by atoms with Crippen LogP contribution in [-0.2, 0) is 6.42 Å². The van der Waals surface area contributed by atoms with Crippen molar-refractivity contribution in [1.29, 1.82) is 0 Å². The van der Waals surface area contributed by atoms with E-state index in [0.717, 1.165) is 24.0 Å². The Morgan fingerprint density at radius 3 is 2.79 bits per heavy atom. The summed E-state index contributed by atoms with van der Waals surface area (Å²) in [6.07, 6.45) is 2.31. The minimum absolute atomic E-state index is 0.00995. The first-order chi connectivity index (χ1) is 6.62. The maximum atomic E-state index is 13.6. The summed E-state index contributed by atoms with van der Waals surface area (Å²) in [6.45, 7) is 0. The molecule has 1 saturated carbocycles. The molecular weight excluding hydrogens is 247 g/mol. The molecule has 1 aromatic carbocycles. The molecule has 14 heavy (non-hydrogen) atoms. The lowest BCUT2D eigenvalue weighted by atomic mass is 10.0. The molecule has 0 aliphatic heterocycles. The average molecular weight is 257 g/mol. The molecule has 0 bridgehead atoms. The van der Waals surface area contributed by atoms with Gasteiger partial charge < -0.3 is 5.11 Å². The molecule has 2 aliphatic carbocycles. The van der Waals surface area contributed by atoms with Gasteiger partial charge in [0.1, 0.15) is 5.82 Å². The second-order valence-electron chi connectivity index (χ2n) is 4.40. The largest absolute Gasteiger partial charge is 0.388 e. The van der Waals surface area contributed by atoms with Gasteiger partial charge in [-0.25, -0.2) is 4.39 Å². The van der Waals surface area contributed by atoms with Gasteiger partial charge in [-0.1, -0.05) is 15.9 Å². The normalized spacial score (nSPS) is 26.6. The fourth-order valence-corrected chi connectivity index (χ4v) is 2.89. The fourth-order valence-electron chi connectivity index (χ4n) is 2.44. The number of hydrogen-bond acceptors (Lipinski definition) is 1. The van der Waals surface area contributed by atoms with Crippen molar-refractivity contribution < 1.29 is 9.50 Å². The van der Waals surface area contributed by atoms with Crippen LogP contribution in [0.15, 0.2) is 16.6 Å². The summed E-state index contributed by atoms with van der Waals surface area (Å²) in [6, 6.07) is 3.32. The Bertz CT molecular complexity index is 412. The van der Waals surface area contributed by atoms with E-state index in [1.807, 2.05) is 6.07 Å². The SMILES string of the molecule is OC1c2cc(Br)cc(F)c2CC12CC2. The zero-order valence-electron chi connectivity index (χ0n) is 7.56. The van der Waals surface area contributed by atoms with Crippen LogP contribution in [0.5, 0.6) is 0 Å². The molecule has 1 unspecified atom stereocenters. The third-order valence-corrected chi connectivity index (χ3v) is 3.95. The lowest BCUT2D eigenvalue weighted by molar-refractivity contribution is 0.109. The second kappa shape index (κ2) is 2.58. The summed E-state index contributed by atoms with van der Waals surface area (Å²) >= 11 is 3.25. The Balaban J connectivity index is 2.18. The molecule has 3 rings (SSSR count). The van der Waals surface area contributed by atoms with Gasteiger partial charge in [-0.15, -0.1) is 0 Å². The van der Waals surface area contributed by atoms with Crippen LogP contribution in [-0.4, -0.2) is 5.11 Å². The van der Waals surface area contributed by atoms with E-state index in [2.05, 4.69) is 15.9 Å². The van der Waals surface area contributed by atoms with Crippen molar-refractivity contribution in [1.82, 2.24) is 0 Å². The molecule has 0 amide bonds. The van der Waals surface area contributed by atoms with Gasteiger partial charge in [0, 0.05) is 9.89 Å². The highest BCUT2D eigenvalue weighted by atomic mass is 79.9. The minimum Gasteiger partial charge on any atom is -0.388 e. The van der Waals surface area contributed by atoms with Crippen LogP contribution < -0.4 is 0 Å². The van der Waals surface area contributed by atoms with Gasteiger partial charge in [0.25, 0.3) is 0 Å². The van der Waals surface area contributed by atoms with Gasteiger partial charge in [-0.05, 0) is 42.5 Å². The molecular formula is C11H10BrFO. The number of benzene rings is 1. The van der Waals surface area contributed by atoms with Crippen molar-refractivity contribution in [3.8, 4) is 0 Å². The summed E-state index contributed by atoms with van der Waals surface area (Å²) in [7, 11) is 0. The monoisotopic (exact) mass is 256 g/mol. The van der Waals surface area contributed by atoms with Crippen molar-refractivity contribution in [2.24, 2.45) is 5.41 Å². The van der Waals surface area contributed by atoms with Crippen molar-refractivity contribution in [2.75, 3.05) is 0 Å². The molecule has 1 fully saturated rings. The van der Waals surface area contributed by atoms with E-state index in [9.17, 15) is 9.50 Å². The number of hydrogen-bond donors (Lipinski definition) is 1. The topological polar surface area (TPSA) is 20.2 Å². The molecule has 0 aromatic heterocycles. The van der Waals surface area contributed by atoms with Crippen molar-refractivity contribution in [3.63, 3.8) is 0 Å². The Morgan fingerprint density at radius 1 is 1.43 bits per heavy atom. The Hall–Kier alpha value is -0.410. The van der Waals surface area contributed by atoms with E-state index in [1.54, 1.807) is 0 Å². The molecule has 1 nitrogen and oxygen atoms in total. The molecule has 0 heterocycles. The molecule has 2 aliphatic rings. The number of aliphatic hydroxyl groups is 1. The highest BCUT2D eigenvalue weighted by Crippen LogP contribution is 2.62. The summed E-state index contributed by atoms with van der Waals surface area (Å²) in [4.78, 5) is 0. The van der Waals surface area contributed by atoms with Gasteiger partial charge >= 0.3 is 0 Å². The van der Waals surface area contributed by atoms with E-state index in [1.165, 1.54) is 6.07 Å². The van der Waals surface area contributed by atoms with Gasteiger partial charge in [-0.2, -0.15) is 0 Å². The smallest absolute Gasteiger partial charge is 0.127 e. The molecule has 0 saturated heterocycles. The highest BCUT2D eigenvalue weighted by Gasteiger charge is 2.54. The maximum absolute atomic E-state index is 13.6. The van der Waals surface area contributed by atoms with Crippen LogP contribution in [0.25, 0.3) is 0 Å². The first-order valence-corrected chi connectivity index (χ1v) is 5.58. The first kappa shape index (κ1) is 8.86. The summed E-state index contributed by atoms with van der Waals surface area (Å²) in [5.74, 6) is -0.183. The number of fused-ring (bicyclic) bond motifs is 1. The van der Waals surface area contributed by atoms with E-state index >= 15 is 0 Å². The van der Waals surface area contributed by atoms with Crippen molar-refractivity contribution in [3.05, 3.63) is 33.5 Å². The molecule has 3 heteroatoms. The Morgan fingerprint density at radius 2 is 2.14 bits per heavy atom. The van der Waals surface area contributed by atoms with Crippen molar-refractivity contribution in [2.45, 2.75) is 25.4 Å². The van der Waals surface area contributed by atoms with E-state index in [4.69, 9.17) is 0 Å². The number of halogens is 2. The van der Waals surface area contributed by atoms with Crippen LogP contribution in [0.3, 0.4) is 0 Å². The van der Waals surface area contributed by atoms with Crippen molar-refractivity contribution >= 4 is 15.9 Å². The molecule has 1 aromatic rings. The lowest BCUT2D eigenvalue weighted by Crippen LogP contribution is -2.06. The Kier molecular flexibility index (Phi) is 1.63. The highest BCUT2D eigenvalue weighted by molar-refractivity contribution is 9.10. The molecule has 1 atom stereocenters. The predicted octanol–water partition coefficient (Wildman–Crippen LogP) is 2.96. The molecule has 1 N–H and O–H groups in total. The standard InChI is InChI=1S/C11H10BrFO/c12-6-3-7-8(9(13)4-6)5-11(1-2-11)10(7)14/h3-4,10,14H,1-2,5H2. The molecule has 74 valence electrons. The first-order valence-electron chi connectivity index (χ1n) is 4.78. The second-order valence-corrected chi connectivity index (χ2v) is 5.31.